The van der Waals surface area contributed by atoms with Gasteiger partial charge in [0.25, 0.3) is 0 Å². The Morgan fingerprint density at radius 1 is 1.26 bits per heavy atom. The van der Waals surface area contributed by atoms with Crippen LogP contribution in [-0.4, -0.2) is 45.1 Å². The summed E-state index contributed by atoms with van der Waals surface area (Å²) in [5, 5.41) is 0.719. The van der Waals surface area contributed by atoms with Crippen molar-refractivity contribution < 1.29 is 13.2 Å². The molecule has 0 aromatic heterocycles. The predicted octanol–water partition coefficient (Wildman–Crippen LogP) is 3.16. The van der Waals surface area contributed by atoms with E-state index < -0.39 is 10.0 Å². The maximum atomic E-state index is 12.1. The van der Waals surface area contributed by atoms with Crippen molar-refractivity contribution in [3.63, 3.8) is 0 Å². The number of hydrogen-bond donors (Lipinski definition) is 0. The lowest BCUT2D eigenvalue weighted by Gasteiger charge is -2.24. The van der Waals surface area contributed by atoms with Crippen molar-refractivity contribution in [3.05, 3.63) is 28.2 Å². The number of carbonyl (C=O) groups is 1. The Labute approximate surface area is 147 Å². The number of anilines is 1. The highest BCUT2D eigenvalue weighted by Crippen LogP contribution is 2.30. The molecule has 1 aromatic rings. The van der Waals surface area contributed by atoms with Crippen molar-refractivity contribution in [2.45, 2.75) is 25.7 Å². The minimum absolute atomic E-state index is 0.0770. The van der Waals surface area contributed by atoms with E-state index in [1.807, 2.05) is 4.90 Å². The summed E-state index contributed by atoms with van der Waals surface area (Å²) < 4.78 is 25.3. The second-order valence-electron chi connectivity index (χ2n) is 5.62. The minimum Gasteiger partial charge on any atom is -0.343 e. The number of carbonyl (C=O) groups excluding carboxylic acids is 1. The van der Waals surface area contributed by atoms with Crippen molar-refractivity contribution in [3.8, 4) is 0 Å². The van der Waals surface area contributed by atoms with Crippen molar-refractivity contribution in [2.24, 2.45) is 0 Å². The van der Waals surface area contributed by atoms with Gasteiger partial charge >= 0.3 is 0 Å². The van der Waals surface area contributed by atoms with Gasteiger partial charge in [0.05, 0.1) is 17.0 Å². The molecule has 0 aliphatic carbocycles. The van der Waals surface area contributed by atoms with E-state index >= 15 is 0 Å². The lowest BCUT2D eigenvalue weighted by atomic mass is 10.2. The molecule has 8 heteroatoms. The van der Waals surface area contributed by atoms with Gasteiger partial charge < -0.3 is 4.90 Å². The zero-order valence-corrected chi connectivity index (χ0v) is 15.3. The number of nitrogens with zero attached hydrogens (tertiary/aromatic N) is 2. The van der Waals surface area contributed by atoms with E-state index in [1.54, 1.807) is 12.1 Å². The topological polar surface area (TPSA) is 57.7 Å². The third kappa shape index (κ3) is 4.99. The zero-order valence-electron chi connectivity index (χ0n) is 13.0. The van der Waals surface area contributed by atoms with Gasteiger partial charge in [-0.25, -0.2) is 8.42 Å². The van der Waals surface area contributed by atoms with E-state index in [2.05, 4.69) is 0 Å². The molecule has 1 aliphatic rings. The summed E-state index contributed by atoms with van der Waals surface area (Å²) in [6, 6.07) is 4.69. The van der Waals surface area contributed by atoms with Crippen molar-refractivity contribution in [1.82, 2.24) is 4.90 Å². The minimum atomic E-state index is -3.51. The molecule has 0 N–H and O–H groups in total. The van der Waals surface area contributed by atoms with Crippen LogP contribution in [0.4, 0.5) is 5.69 Å². The van der Waals surface area contributed by atoms with E-state index in [0.29, 0.717) is 28.6 Å². The molecule has 2 rings (SSSR count). The Hall–Kier alpha value is -0.980. The summed E-state index contributed by atoms with van der Waals surface area (Å²) in [6.07, 6.45) is 3.96. The SMILES string of the molecule is CS(=O)(=O)N(CCCC(=O)N1CCCC1)c1cc(Cl)ccc1Cl. The van der Waals surface area contributed by atoms with E-state index in [1.165, 1.54) is 10.4 Å². The standard InChI is InChI=1S/C15H20Cl2N2O3S/c1-23(21,22)19(14-11-12(16)6-7-13(14)17)10-4-5-15(20)18-8-2-3-9-18/h6-7,11H,2-5,8-10H2,1H3. The van der Waals surface area contributed by atoms with Crippen molar-refractivity contribution >= 4 is 44.8 Å². The Bertz CT molecular complexity index is 673. The number of rotatable bonds is 6. The van der Waals surface area contributed by atoms with Gasteiger partial charge in [0.2, 0.25) is 15.9 Å². The number of benzene rings is 1. The molecule has 0 saturated carbocycles. The van der Waals surface area contributed by atoms with Gasteiger partial charge in [0.1, 0.15) is 0 Å². The van der Waals surface area contributed by atoms with Gasteiger partial charge in [0, 0.05) is 31.1 Å². The Morgan fingerprint density at radius 2 is 1.91 bits per heavy atom. The molecule has 0 spiro atoms. The fourth-order valence-corrected chi connectivity index (χ4v) is 4.05. The fraction of sp³-hybridized carbons (Fsp3) is 0.533. The third-order valence-electron chi connectivity index (χ3n) is 3.79. The van der Waals surface area contributed by atoms with Crippen LogP contribution < -0.4 is 4.31 Å². The molecule has 0 unspecified atom stereocenters. The predicted molar refractivity (Wildman–Crippen MR) is 93.7 cm³/mol. The van der Waals surface area contributed by atoms with E-state index in [9.17, 15) is 13.2 Å². The molecule has 23 heavy (non-hydrogen) atoms. The molecular weight excluding hydrogens is 359 g/mol. The zero-order chi connectivity index (χ0) is 17.0. The van der Waals surface area contributed by atoms with Crippen molar-refractivity contribution in [2.75, 3.05) is 30.2 Å². The number of halogens is 2. The van der Waals surface area contributed by atoms with Crippen LogP contribution >= 0.6 is 23.2 Å². The van der Waals surface area contributed by atoms with Crippen LogP contribution in [0.3, 0.4) is 0 Å². The normalized spacial score (nSPS) is 15.0. The molecule has 5 nitrogen and oxygen atoms in total. The molecule has 1 heterocycles. The molecule has 0 radical (unpaired) electrons. The van der Waals surface area contributed by atoms with Crippen LogP contribution in [0.15, 0.2) is 18.2 Å². The molecule has 1 aromatic carbocycles. The third-order valence-corrected chi connectivity index (χ3v) is 5.52. The molecule has 1 aliphatic heterocycles. The van der Waals surface area contributed by atoms with E-state index in [-0.39, 0.29) is 12.5 Å². The van der Waals surface area contributed by atoms with Crippen LogP contribution in [0.5, 0.6) is 0 Å². The number of amides is 1. The number of hydrogen-bond acceptors (Lipinski definition) is 3. The first-order chi connectivity index (χ1) is 10.8. The van der Waals surface area contributed by atoms with Gasteiger partial charge in [-0.1, -0.05) is 23.2 Å². The summed E-state index contributed by atoms with van der Waals surface area (Å²) in [6.45, 7) is 1.79. The smallest absolute Gasteiger partial charge is 0.232 e. The maximum Gasteiger partial charge on any atom is 0.232 e. The van der Waals surface area contributed by atoms with Gasteiger partial charge in [-0.15, -0.1) is 0 Å². The largest absolute Gasteiger partial charge is 0.343 e. The average Bonchev–Trinajstić information content (AvgIpc) is 2.99. The van der Waals surface area contributed by atoms with Crippen LogP contribution in [-0.2, 0) is 14.8 Å². The van der Waals surface area contributed by atoms with Gasteiger partial charge in [-0.3, -0.25) is 9.10 Å². The van der Waals surface area contributed by atoms with Crippen LogP contribution in [0.2, 0.25) is 10.0 Å². The summed E-state index contributed by atoms with van der Waals surface area (Å²) in [5.41, 5.74) is 0.343. The van der Waals surface area contributed by atoms with Gasteiger partial charge in [-0.05, 0) is 37.5 Å². The summed E-state index contributed by atoms with van der Waals surface area (Å²) in [4.78, 5) is 13.9. The van der Waals surface area contributed by atoms with Crippen LogP contribution in [0.1, 0.15) is 25.7 Å². The molecule has 1 amide bonds. The Kier molecular flexibility index (Phi) is 6.17. The first-order valence-corrected chi connectivity index (χ1v) is 10.1. The first kappa shape index (κ1) is 18.4. The Balaban J connectivity index is 2.05. The number of likely N-dealkylation sites (tertiary alicyclic amines) is 1. The lowest BCUT2D eigenvalue weighted by Crippen LogP contribution is -2.33. The van der Waals surface area contributed by atoms with Gasteiger partial charge in [0.15, 0.2) is 0 Å². The lowest BCUT2D eigenvalue weighted by molar-refractivity contribution is -0.130. The second kappa shape index (κ2) is 7.73. The monoisotopic (exact) mass is 378 g/mol. The average molecular weight is 379 g/mol. The molecule has 1 saturated heterocycles. The number of sulfonamides is 1. The summed E-state index contributed by atoms with van der Waals surface area (Å²) in [5.74, 6) is 0.0770. The molecule has 1 fully saturated rings. The highest BCUT2D eigenvalue weighted by atomic mass is 35.5. The van der Waals surface area contributed by atoms with E-state index in [4.69, 9.17) is 23.2 Å². The van der Waals surface area contributed by atoms with Crippen LogP contribution in [0, 0.1) is 0 Å². The quantitative estimate of drug-likeness (QED) is 0.763. The summed E-state index contributed by atoms with van der Waals surface area (Å²) >= 11 is 12.0. The highest BCUT2D eigenvalue weighted by molar-refractivity contribution is 7.92. The fourth-order valence-electron chi connectivity index (χ4n) is 2.64. The first-order valence-electron chi connectivity index (χ1n) is 7.49. The summed E-state index contributed by atoms with van der Waals surface area (Å²) in [7, 11) is -3.51. The second-order valence-corrected chi connectivity index (χ2v) is 8.37. The van der Waals surface area contributed by atoms with Crippen molar-refractivity contribution in [1.29, 1.82) is 0 Å². The molecule has 128 valence electrons. The van der Waals surface area contributed by atoms with Gasteiger partial charge in [-0.2, -0.15) is 0 Å². The molecule has 0 bridgehead atoms. The highest BCUT2D eigenvalue weighted by Gasteiger charge is 2.22. The van der Waals surface area contributed by atoms with E-state index in [0.717, 1.165) is 32.2 Å². The molecule has 0 atom stereocenters. The maximum absolute atomic E-state index is 12.1. The van der Waals surface area contributed by atoms with Crippen LogP contribution in [0.25, 0.3) is 0 Å². The Morgan fingerprint density at radius 3 is 2.52 bits per heavy atom. The molecular formula is C15H20Cl2N2O3S.